The molecule has 2 heteroatoms. The first-order valence-electron chi connectivity index (χ1n) is 5.09. The van der Waals surface area contributed by atoms with Crippen LogP contribution < -0.4 is 0 Å². The van der Waals surface area contributed by atoms with E-state index in [4.69, 9.17) is 0 Å². The van der Waals surface area contributed by atoms with E-state index in [0.717, 1.165) is 0 Å². The van der Waals surface area contributed by atoms with Crippen LogP contribution in [0.5, 0.6) is 0 Å². The minimum atomic E-state index is 0. The van der Waals surface area contributed by atoms with Crippen LogP contribution in [0.1, 0.15) is 34.6 Å². The van der Waals surface area contributed by atoms with Crippen molar-refractivity contribution < 1.29 is 19.5 Å². The van der Waals surface area contributed by atoms with Crippen LogP contribution >= 0.6 is 7.92 Å². The molecule has 0 unspecified atom stereocenters. The summed E-state index contributed by atoms with van der Waals surface area (Å²) in [5.74, 6) is 7.34. The van der Waals surface area contributed by atoms with Crippen LogP contribution in [0, 0.1) is 29.6 Å². The van der Waals surface area contributed by atoms with Gasteiger partial charge in [-0.05, 0) is 49.6 Å². The zero-order valence-electron chi connectivity index (χ0n) is 11.3. The Hall–Kier alpha value is 1.05. The molecule has 0 atom stereocenters. The molecule has 15 heavy (non-hydrogen) atoms. The minimum Gasteiger partial charge on any atom is -0.116 e. The van der Waals surface area contributed by atoms with E-state index in [1.807, 2.05) is 0 Å². The van der Waals surface area contributed by atoms with Crippen molar-refractivity contribution in [3.05, 3.63) is 29.6 Å². The van der Waals surface area contributed by atoms with Gasteiger partial charge in [0, 0.05) is 19.5 Å². The van der Waals surface area contributed by atoms with E-state index in [0.29, 0.717) is 7.92 Å². The summed E-state index contributed by atoms with van der Waals surface area (Å²) in [4.78, 5) is 0. The Labute approximate surface area is 112 Å². The molecule has 0 aromatic carbocycles. The van der Waals surface area contributed by atoms with E-state index in [2.05, 4.69) is 54.6 Å². The summed E-state index contributed by atoms with van der Waals surface area (Å²) in [6, 6.07) is 0. The fourth-order valence-electron chi connectivity index (χ4n) is 1.41. The fraction of sp³-hybridized carbons (Fsp3) is 0.615. The fourth-order valence-corrected chi connectivity index (χ4v) is 1.41. The second-order valence-corrected chi connectivity index (χ2v) is 7.15. The third-order valence-electron chi connectivity index (χ3n) is 2.81. The Balaban J connectivity index is 0. The quantitative estimate of drug-likeness (QED) is 0.461. The number of hydrogen-bond donors (Lipinski definition) is 0. The Morgan fingerprint density at radius 1 is 0.533 bits per heavy atom. The number of hydrogen-bond acceptors (Lipinski definition) is 0. The maximum atomic E-state index is 2.23. The summed E-state index contributed by atoms with van der Waals surface area (Å²) in [6.07, 6.45) is 0. The second kappa shape index (κ2) is 8.19. The summed E-state index contributed by atoms with van der Waals surface area (Å²) in [5.41, 5.74) is 0. The molecule has 90 valence electrons. The third-order valence-corrected chi connectivity index (χ3v) is 2.81. The van der Waals surface area contributed by atoms with Crippen LogP contribution in [0.25, 0.3) is 0 Å². The first-order chi connectivity index (χ1) is 6.29. The van der Waals surface area contributed by atoms with Gasteiger partial charge >= 0.3 is 0 Å². The molecule has 0 spiro atoms. The average molecular weight is 314 g/mol. The zero-order chi connectivity index (χ0) is 11.5. The average Bonchev–Trinajstić information content (AvgIpc) is 2.23. The van der Waals surface area contributed by atoms with Crippen LogP contribution in [-0.4, -0.2) is 20.0 Å². The van der Waals surface area contributed by atoms with Crippen molar-refractivity contribution in [3.63, 3.8) is 0 Å². The molecule has 6 radical (unpaired) electrons. The van der Waals surface area contributed by atoms with E-state index in [1.165, 1.54) is 29.6 Å². The molecule has 0 heterocycles. The van der Waals surface area contributed by atoms with Crippen molar-refractivity contribution in [1.82, 2.24) is 0 Å². The van der Waals surface area contributed by atoms with Gasteiger partial charge in [0.15, 0.2) is 0 Å². The molecular weight excluding hydrogens is 290 g/mol. The van der Waals surface area contributed by atoms with Crippen molar-refractivity contribution in [3.8, 4) is 0 Å². The SMILES string of the molecule is CP(C)C.C[C]1[C](C)[C](C)[C](C)[C]1C.[Rh]. The smallest absolute Gasteiger partial charge is 0 e. The Morgan fingerprint density at radius 3 is 0.667 bits per heavy atom. The summed E-state index contributed by atoms with van der Waals surface area (Å²) >= 11 is 0. The molecule has 0 amide bonds. The monoisotopic (exact) mass is 314 g/mol. The predicted molar refractivity (Wildman–Crippen MR) is 69.3 cm³/mol. The van der Waals surface area contributed by atoms with Gasteiger partial charge in [-0.1, -0.05) is 34.6 Å². The molecule has 0 aromatic heterocycles. The molecule has 1 aliphatic rings. The topological polar surface area (TPSA) is 0 Å². The van der Waals surface area contributed by atoms with E-state index in [-0.39, 0.29) is 19.5 Å². The van der Waals surface area contributed by atoms with Crippen molar-refractivity contribution in [1.29, 1.82) is 0 Å². The van der Waals surface area contributed by atoms with E-state index in [1.54, 1.807) is 0 Å². The van der Waals surface area contributed by atoms with Crippen LogP contribution in [0.2, 0.25) is 0 Å². The van der Waals surface area contributed by atoms with Gasteiger partial charge in [-0.25, -0.2) is 0 Å². The molecule has 1 aliphatic carbocycles. The van der Waals surface area contributed by atoms with Gasteiger partial charge in [0.25, 0.3) is 0 Å². The van der Waals surface area contributed by atoms with Gasteiger partial charge in [0.2, 0.25) is 0 Å². The largest absolute Gasteiger partial charge is 0.116 e. The minimum absolute atomic E-state index is 0. The van der Waals surface area contributed by atoms with Crippen LogP contribution in [0.15, 0.2) is 0 Å². The van der Waals surface area contributed by atoms with Crippen LogP contribution in [0.4, 0.5) is 0 Å². The van der Waals surface area contributed by atoms with Crippen LogP contribution in [0.3, 0.4) is 0 Å². The van der Waals surface area contributed by atoms with E-state index >= 15 is 0 Å². The summed E-state index contributed by atoms with van der Waals surface area (Å²) in [6.45, 7) is 17.7. The first kappa shape index (κ1) is 18.4. The predicted octanol–water partition coefficient (Wildman–Crippen LogP) is 4.33. The number of rotatable bonds is 0. The summed E-state index contributed by atoms with van der Waals surface area (Å²) < 4.78 is 0. The third kappa shape index (κ3) is 5.79. The van der Waals surface area contributed by atoms with Crippen LogP contribution in [-0.2, 0) is 19.5 Å². The molecule has 0 saturated heterocycles. The van der Waals surface area contributed by atoms with Crippen molar-refractivity contribution >= 4 is 7.92 Å². The first-order valence-corrected chi connectivity index (χ1v) is 7.77. The molecule has 0 N–H and O–H groups in total. The Kier molecular flexibility index (Phi) is 10.1. The maximum Gasteiger partial charge on any atom is 0 e. The summed E-state index contributed by atoms with van der Waals surface area (Å²) in [5, 5.41) is 0. The van der Waals surface area contributed by atoms with E-state index < -0.39 is 0 Å². The summed E-state index contributed by atoms with van der Waals surface area (Å²) in [7, 11) is 0.380. The molecule has 1 fully saturated rings. The van der Waals surface area contributed by atoms with Gasteiger partial charge in [-0.3, -0.25) is 0 Å². The molecule has 0 nitrogen and oxygen atoms in total. The molecule has 1 saturated carbocycles. The van der Waals surface area contributed by atoms with Gasteiger partial charge in [0.1, 0.15) is 0 Å². The molecule has 0 bridgehead atoms. The van der Waals surface area contributed by atoms with E-state index in [9.17, 15) is 0 Å². The Bertz CT molecular complexity index is 111. The maximum absolute atomic E-state index is 2.23. The van der Waals surface area contributed by atoms with Crippen molar-refractivity contribution in [2.45, 2.75) is 34.6 Å². The van der Waals surface area contributed by atoms with Crippen molar-refractivity contribution in [2.24, 2.45) is 0 Å². The van der Waals surface area contributed by atoms with Gasteiger partial charge in [-0.15, -0.1) is 7.92 Å². The molecule has 0 aliphatic heterocycles. The zero-order valence-corrected chi connectivity index (χ0v) is 13.8. The molecule has 0 aromatic rings. The standard InChI is InChI=1S/C10H15.C3H9P.Rh/c1-6-7(2)9(4)10(5)8(6)3;1-4(2)3;/h1-5H3;1-3H3;. The normalized spacial score (nSPS) is 21.4. The molecule has 1 rings (SSSR count). The van der Waals surface area contributed by atoms with Crippen molar-refractivity contribution in [2.75, 3.05) is 20.0 Å². The van der Waals surface area contributed by atoms with Gasteiger partial charge < -0.3 is 0 Å². The molecular formula is C13H24PRh. The van der Waals surface area contributed by atoms with Gasteiger partial charge in [-0.2, -0.15) is 0 Å². The second-order valence-electron chi connectivity index (χ2n) is 4.47. The Morgan fingerprint density at radius 2 is 0.600 bits per heavy atom. The van der Waals surface area contributed by atoms with Gasteiger partial charge in [0.05, 0.1) is 0 Å².